The van der Waals surface area contributed by atoms with Crippen molar-refractivity contribution >= 4 is 38.5 Å². The van der Waals surface area contributed by atoms with E-state index in [1.807, 2.05) is 31.2 Å². The summed E-state index contributed by atoms with van der Waals surface area (Å²) in [6, 6.07) is 13.9. The quantitative estimate of drug-likeness (QED) is 0.500. The largest absolute Gasteiger partial charge is 0.507 e. The fraction of sp³-hybridized carbons (Fsp3) is 0.105. The second-order valence-corrected chi connectivity index (χ2v) is 5.73. The number of amides is 1. The summed E-state index contributed by atoms with van der Waals surface area (Å²) in [5.74, 6) is -0.257. The van der Waals surface area contributed by atoms with Crippen molar-refractivity contribution in [2.45, 2.75) is 6.92 Å². The van der Waals surface area contributed by atoms with Crippen LogP contribution >= 0.6 is 0 Å². The van der Waals surface area contributed by atoms with Crippen LogP contribution in [0.2, 0.25) is 0 Å². The maximum Gasteiger partial charge on any atom is 0.254 e. The first-order chi connectivity index (χ1) is 11.1. The molecule has 0 spiro atoms. The monoisotopic (exact) mass is 304 g/mol. The summed E-state index contributed by atoms with van der Waals surface area (Å²) in [5.41, 5.74) is 3.05. The van der Waals surface area contributed by atoms with Crippen LogP contribution < -0.4 is 5.32 Å². The van der Waals surface area contributed by atoms with Gasteiger partial charge >= 0.3 is 0 Å². The lowest BCUT2D eigenvalue weighted by molar-refractivity contribution is 0.0960. The van der Waals surface area contributed by atoms with E-state index in [0.29, 0.717) is 11.1 Å². The lowest BCUT2D eigenvalue weighted by Gasteiger charge is -2.11. The van der Waals surface area contributed by atoms with Crippen LogP contribution in [0, 0.1) is 6.92 Å². The van der Waals surface area contributed by atoms with Gasteiger partial charge in [-0.15, -0.1) is 0 Å². The average Bonchev–Trinajstić information content (AvgIpc) is 2.95. The van der Waals surface area contributed by atoms with Crippen LogP contribution in [-0.2, 0) is 0 Å². The Morgan fingerprint density at radius 2 is 1.91 bits per heavy atom. The van der Waals surface area contributed by atoms with Gasteiger partial charge in [-0.2, -0.15) is 0 Å². The number of benzene rings is 3. The molecule has 0 aliphatic carbocycles. The second-order valence-electron chi connectivity index (χ2n) is 5.73. The number of carbonyl (C=O) groups is 1. The molecule has 0 aliphatic rings. The van der Waals surface area contributed by atoms with E-state index in [1.54, 1.807) is 13.1 Å². The smallest absolute Gasteiger partial charge is 0.254 e. The zero-order chi connectivity index (χ0) is 16.1. The van der Waals surface area contributed by atoms with Crippen molar-refractivity contribution < 1.29 is 9.90 Å². The molecule has 1 amide bonds. The van der Waals surface area contributed by atoms with Crippen LogP contribution in [0.5, 0.6) is 5.75 Å². The van der Waals surface area contributed by atoms with Crippen molar-refractivity contribution in [3.05, 3.63) is 53.6 Å². The molecule has 4 heteroatoms. The first kappa shape index (κ1) is 13.6. The van der Waals surface area contributed by atoms with Crippen LogP contribution in [0.3, 0.4) is 0 Å². The molecule has 3 N–H and O–H groups in total. The number of aromatic hydroxyl groups is 1. The van der Waals surface area contributed by atoms with Crippen LogP contribution in [0.25, 0.3) is 32.6 Å². The van der Waals surface area contributed by atoms with Gasteiger partial charge in [0, 0.05) is 34.3 Å². The molecular weight excluding hydrogens is 288 g/mol. The number of hydrogen-bond donors (Lipinski definition) is 3. The molecule has 114 valence electrons. The molecule has 0 aliphatic heterocycles. The predicted octanol–water partition coefficient (Wildman–Crippen LogP) is 3.85. The Labute approximate surface area is 132 Å². The molecule has 1 aromatic heterocycles. The number of rotatable bonds is 1. The van der Waals surface area contributed by atoms with Crippen LogP contribution in [0.1, 0.15) is 15.9 Å². The van der Waals surface area contributed by atoms with Gasteiger partial charge in [-0.25, -0.2) is 0 Å². The second kappa shape index (κ2) is 4.74. The summed E-state index contributed by atoms with van der Waals surface area (Å²) in [6.07, 6.45) is 0. The molecule has 4 aromatic rings. The number of para-hydroxylation sites is 1. The molecule has 4 rings (SSSR count). The Hall–Kier alpha value is -3.01. The minimum atomic E-state index is -0.288. The highest BCUT2D eigenvalue weighted by Crippen LogP contribution is 2.37. The first-order valence-corrected chi connectivity index (χ1v) is 7.49. The van der Waals surface area contributed by atoms with E-state index in [0.717, 1.165) is 32.6 Å². The van der Waals surface area contributed by atoms with Gasteiger partial charge in [-0.1, -0.05) is 30.3 Å². The summed E-state index contributed by atoms with van der Waals surface area (Å²) >= 11 is 0. The Bertz CT molecular complexity index is 1090. The molecule has 0 saturated heterocycles. The highest BCUT2D eigenvalue weighted by Gasteiger charge is 2.17. The van der Waals surface area contributed by atoms with Crippen molar-refractivity contribution in [3.63, 3.8) is 0 Å². The van der Waals surface area contributed by atoms with Crippen molar-refractivity contribution in [2.75, 3.05) is 7.05 Å². The fourth-order valence-corrected chi connectivity index (χ4v) is 3.31. The third-order valence-corrected chi connectivity index (χ3v) is 4.47. The average molecular weight is 304 g/mol. The lowest BCUT2D eigenvalue weighted by Crippen LogP contribution is -2.18. The molecule has 0 fully saturated rings. The van der Waals surface area contributed by atoms with E-state index in [1.165, 1.54) is 0 Å². The summed E-state index contributed by atoms with van der Waals surface area (Å²) in [6.45, 7) is 1.84. The van der Waals surface area contributed by atoms with Gasteiger partial charge in [0.2, 0.25) is 0 Å². The topological polar surface area (TPSA) is 65.1 Å². The molecule has 0 unspecified atom stereocenters. The van der Waals surface area contributed by atoms with E-state index in [2.05, 4.69) is 22.4 Å². The highest BCUT2D eigenvalue weighted by atomic mass is 16.3. The number of H-pyrrole nitrogens is 1. The number of carbonyl (C=O) groups excluding carboxylic acids is 1. The summed E-state index contributed by atoms with van der Waals surface area (Å²) in [4.78, 5) is 15.4. The first-order valence-electron chi connectivity index (χ1n) is 7.49. The van der Waals surface area contributed by atoms with E-state index in [9.17, 15) is 9.90 Å². The fourth-order valence-electron chi connectivity index (χ4n) is 3.31. The van der Waals surface area contributed by atoms with Gasteiger partial charge < -0.3 is 15.4 Å². The van der Waals surface area contributed by atoms with Gasteiger partial charge in [0.15, 0.2) is 0 Å². The van der Waals surface area contributed by atoms with E-state index in [4.69, 9.17) is 0 Å². The van der Waals surface area contributed by atoms with Crippen molar-refractivity contribution in [2.24, 2.45) is 0 Å². The molecule has 0 saturated carbocycles. The van der Waals surface area contributed by atoms with E-state index in [-0.39, 0.29) is 11.7 Å². The Morgan fingerprint density at radius 1 is 1.13 bits per heavy atom. The zero-order valence-electron chi connectivity index (χ0n) is 12.9. The summed E-state index contributed by atoms with van der Waals surface area (Å²) in [7, 11) is 1.56. The minimum absolute atomic E-state index is 0.0306. The molecule has 3 aromatic carbocycles. The lowest BCUT2D eigenvalue weighted by atomic mass is 9.97. The molecule has 4 nitrogen and oxygen atoms in total. The van der Waals surface area contributed by atoms with Crippen LogP contribution in [0.15, 0.2) is 42.5 Å². The number of fused-ring (bicyclic) bond motifs is 5. The van der Waals surface area contributed by atoms with Crippen molar-refractivity contribution in [1.29, 1.82) is 0 Å². The van der Waals surface area contributed by atoms with E-state index >= 15 is 0 Å². The predicted molar refractivity (Wildman–Crippen MR) is 93.1 cm³/mol. The Kier molecular flexibility index (Phi) is 2.81. The summed E-state index contributed by atoms with van der Waals surface area (Å²) < 4.78 is 0. The maximum atomic E-state index is 12.0. The van der Waals surface area contributed by atoms with Gasteiger partial charge in [-0.05, 0) is 24.4 Å². The zero-order valence-corrected chi connectivity index (χ0v) is 12.9. The van der Waals surface area contributed by atoms with Gasteiger partial charge in [0.25, 0.3) is 5.91 Å². The van der Waals surface area contributed by atoms with Gasteiger partial charge in [-0.3, -0.25) is 4.79 Å². The molecule has 0 atom stereocenters. The normalized spacial score (nSPS) is 11.4. The molecule has 0 radical (unpaired) electrons. The van der Waals surface area contributed by atoms with E-state index < -0.39 is 0 Å². The molecule has 1 heterocycles. The Balaban J connectivity index is 2.18. The summed E-state index contributed by atoms with van der Waals surface area (Å²) in [5, 5.41) is 17.2. The Morgan fingerprint density at radius 3 is 2.70 bits per heavy atom. The standard InChI is InChI=1S/C19H16N2O2/c1-10-16-11(9-14(18(10)22)19(23)20-2)7-8-13-12-5-3-4-6-15(12)21-17(13)16/h3-9,21-22H,1-2H3,(H,20,23). The number of aromatic amines is 1. The third kappa shape index (κ3) is 1.81. The number of aryl methyl sites for hydroxylation is 1. The van der Waals surface area contributed by atoms with Gasteiger partial charge in [0.05, 0.1) is 11.1 Å². The van der Waals surface area contributed by atoms with Crippen LogP contribution in [0.4, 0.5) is 0 Å². The van der Waals surface area contributed by atoms with Gasteiger partial charge in [0.1, 0.15) is 5.75 Å². The third-order valence-electron chi connectivity index (χ3n) is 4.47. The van der Waals surface area contributed by atoms with Crippen LogP contribution in [-0.4, -0.2) is 23.0 Å². The highest BCUT2D eigenvalue weighted by molar-refractivity contribution is 6.19. The minimum Gasteiger partial charge on any atom is -0.507 e. The SMILES string of the molecule is CNC(=O)c1cc2ccc3c4ccccc4[nH]c3c2c(C)c1O. The number of nitrogens with one attached hydrogen (secondary N) is 2. The van der Waals surface area contributed by atoms with Crippen molar-refractivity contribution in [3.8, 4) is 5.75 Å². The molecule has 0 bridgehead atoms. The number of hydrogen-bond acceptors (Lipinski definition) is 2. The molecular formula is C19H16N2O2. The number of phenolic OH excluding ortho intramolecular Hbond substituents is 1. The number of aromatic nitrogens is 1. The van der Waals surface area contributed by atoms with Crippen molar-refractivity contribution in [1.82, 2.24) is 10.3 Å². The molecule has 23 heavy (non-hydrogen) atoms. The number of phenols is 1. The maximum absolute atomic E-state index is 12.0.